The Balaban J connectivity index is 1.73. The number of aromatic nitrogens is 1. The molecule has 1 unspecified atom stereocenters. The minimum absolute atomic E-state index is 0.189. The zero-order valence-corrected chi connectivity index (χ0v) is 11.8. The molecular formula is C15H16N2OS. The van der Waals surface area contributed by atoms with Gasteiger partial charge in [-0.3, -0.25) is 0 Å². The number of nitrogens with zero attached hydrogens (tertiary/aromatic N) is 1. The third kappa shape index (κ3) is 2.55. The Hall–Kier alpha value is -1.65. The maximum atomic E-state index is 5.86. The Bertz CT molecular complexity index is 653. The highest BCUT2D eigenvalue weighted by Crippen LogP contribution is 2.24. The van der Waals surface area contributed by atoms with Gasteiger partial charge >= 0.3 is 0 Å². The molecule has 0 aliphatic rings. The average molecular weight is 272 g/mol. The van der Waals surface area contributed by atoms with Gasteiger partial charge in [0.2, 0.25) is 0 Å². The Kier molecular flexibility index (Phi) is 3.36. The molecule has 0 aliphatic heterocycles. The van der Waals surface area contributed by atoms with E-state index < -0.39 is 0 Å². The highest BCUT2D eigenvalue weighted by atomic mass is 32.1. The molecule has 98 valence electrons. The molecule has 1 aromatic carbocycles. The quantitative estimate of drug-likeness (QED) is 0.778. The Morgan fingerprint density at radius 2 is 2.21 bits per heavy atom. The summed E-state index contributed by atoms with van der Waals surface area (Å²) < 4.78 is 5.86. The number of nitrogens with one attached hydrogen (secondary N) is 1. The number of rotatable bonds is 4. The normalized spacial score (nSPS) is 12.9. The summed E-state index contributed by atoms with van der Waals surface area (Å²) in [4.78, 5) is 5.54. The van der Waals surface area contributed by atoms with Crippen molar-refractivity contribution < 1.29 is 4.42 Å². The van der Waals surface area contributed by atoms with Gasteiger partial charge in [0.1, 0.15) is 11.3 Å². The molecule has 19 heavy (non-hydrogen) atoms. The molecule has 3 rings (SSSR count). The van der Waals surface area contributed by atoms with Crippen molar-refractivity contribution in [3.63, 3.8) is 0 Å². The van der Waals surface area contributed by atoms with Gasteiger partial charge in [-0.2, -0.15) is 0 Å². The van der Waals surface area contributed by atoms with Crippen LogP contribution in [0.2, 0.25) is 0 Å². The maximum Gasteiger partial charge on any atom is 0.134 e. The van der Waals surface area contributed by atoms with Crippen LogP contribution in [-0.2, 0) is 6.54 Å². The minimum atomic E-state index is 0.189. The second-order valence-electron chi connectivity index (χ2n) is 4.65. The predicted molar refractivity (Wildman–Crippen MR) is 78.3 cm³/mol. The number of hydrogen-bond donors (Lipinski definition) is 1. The van der Waals surface area contributed by atoms with E-state index in [9.17, 15) is 0 Å². The fourth-order valence-electron chi connectivity index (χ4n) is 2.06. The number of hydrogen-bond acceptors (Lipinski definition) is 4. The summed E-state index contributed by atoms with van der Waals surface area (Å²) >= 11 is 1.69. The molecule has 2 heterocycles. The molecular weight excluding hydrogens is 256 g/mol. The second-order valence-corrected chi connectivity index (χ2v) is 5.59. The van der Waals surface area contributed by atoms with Crippen molar-refractivity contribution >= 4 is 22.3 Å². The van der Waals surface area contributed by atoms with Gasteiger partial charge in [0.15, 0.2) is 0 Å². The lowest BCUT2D eigenvalue weighted by molar-refractivity contribution is 0.451. The molecule has 1 atom stereocenters. The SMILES string of the molecule is Cc1ncsc1CNC(C)c1cc2ccccc2o1. The van der Waals surface area contributed by atoms with Crippen LogP contribution in [0, 0.1) is 6.92 Å². The van der Waals surface area contributed by atoms with E-state index in [4.69, 9.17) is 4.42 Å². The van der Waals surface area contributed by atoms with E-state index in [-0.39, 0.29) is 6.04 Å². The largest absolute Gasteiger partial charge is 0.459 e. The van der Waals surface area contributed by atoms with Gasteiger partial charge in [-0.1, -0.05) is 18.2 Å². The molecule has 3 aromatic rings. The van der Waals surface area contributed by atoms with Gasteiger partial charge in [0.25, 0.3) is 0 Å². The van der Waals surface area contributed by atoms with E-state index in [0.29, 0.717) is 0 Å². The minimum Gasteiger partial charge on any atom is -0.459 e. The van der Waals surface area contributed by atoms with Gasteiger partial charge in [-0.15, -0.1) is 11.3 Å². The first-order valence-corrected chi connectivity index (χ1v) is 7.23. The zero-order valence-electron chi connectivity index (χ0n) is 11.0. The van der Waals surface area contributed by atoms with Crippen LogP contribution >= 0.6 is 11.3 Å². The molecule has 0 bridgehead atoms. The first kappa shape index (κ1) is 12.4. The number of furan rings is 1. The van der Waals surface area contributed by atoms with Gasteiger partial charge in [0.05, 0.1) is 17.2 Å². The molecule has 0 radical (unpaired) electrons. The molecule has 0 fully saturated rings. The summed E-state index contributed by atoms with van der Waals surface area (Å²) in [6, 6.07) is 10.4. The van der Waals surface area contributed by atoms with Crippen molar-refractivity contribution in [3.05, 3.63) is 52.2 Å². The van der Waals surface area contributed by atoms with Crippen molar-refractivity contribution in [1.29, 1.82) is 0 Å². The molecule has 3 nitrogen and oxygen atoms in total. The van der Waals surface area contributed by atoms with Crippen LogP contribution in [0.4, 0.5) is 0 Å². The number of para-hydroxylation sites is 1. The maximum absolute atomic E-state index is 5.86. The lowest BCUT2D eigenvalue weighted by atomic mass is 10.2. The number of fused-ring (bicyclic) bond motifs is 1. The monoisotopic (exact) mass is 272 g/mol. The molecule has 1 N–H and O–H groups in total. The van der Waals surface area contributed by atoms with Crippen molar-refractivity contribution in [3.8, 4) is 0 Å². The highest BCUT2D eigenvalue weighted by molar-refractivity contribution is 7.09. The summed E-state index contributed by atoms with van der Waals surface area (Å²) in [7, 11) is 0. The summed E-state index contributed by atoms with van der Waals surface area (Å²) in [5.41, 5.74) is 3.94. The Morgan fingerprint density at radius 3 is 2.95 bits per heavy atom. The van der Waals surface area contributed by atoms with E-state index >= 15 is 0 Å². The van der Waals surface area contributed by atoms with E-state index in [1.807, 2.05) is 30.6 Å². The van der Waals surface area contributed by atoms with Crippen LogP contribution in [-0.4, -0.2) is 4.98 Å². The molecule has 0 amide bonds. The standard InChI is InChI=1S/C15H16N2OS/c1-10(16-8-15-11(2)17-9-19-15)14-7-12-5-3-4-6-13(12)18-14/h3-7,9-10,16H,8H2,1-2H3. The van der Waals surface area contributed by atoms with Crippen LogP contribution in [0.1, 0.15) is 29.3 Å². The Labute approximate surface area is 116 Å². The zero-order chi connectivity index (χ0) is 13.2. The molecule has 4 heteroatoms. The first-order chi connectivity index (χ1) is 9.24. The second kappa shape index (κ2) is 5.15. The van der Waals surface area contributed by atoms with E-state index in [1.54, 1.807) is 11.3 Å². The summed E-state index contributed by atoms with van der Waals surface area (Å²) in [6.45, 7) is 4.99. The van der Waals surface area contributed by atoms with E-state index in [0.717, 1.165) is 29.0 Å². The lowest BCUT2D eigenvalue weighted by Gasteiger charge is -2.10. The number of thiazole rings is 1. The molecule has 0 saturated heterocycles. The van der Waals surface area contributed by atoms with Gasteiger partial charge in [0, 0.05) is 16.8 Å². The highest BCUT2D eigenvalue weighted by Gasteiger charge is 2.11. The summed E-state index contributed by atoms with van der Waals surface area (Å²) in [6.07, 6.45) is 0. The smallest absolute Gasteiger partial charge is 0.134 e. The van der Waals surface area contributed by atoms with Crippen molar-refractivity contribution in [2.45, 2.75) is 26.4 Å². The van der Waals surface area contributed by atoms with E-state index in [1.165, 1.54) is 4.88 Å². The van der Waals surface area contributed by atoms with Crippen LogP contribution < -0.4 is 5.32 Å². The predicted octanol–water partition coefficient (Wildman–Crippen LogP) is 4.05. The van der Waals surface area contributed by atoms with Crippen LogP contribution in [0.3, 0.4) is 0 Å². The molecule has 0 aliphatic carbocycles. The van der Waals surface area contributed by atoms with Gasteiger partial charge in [-0.05, 0) is 26.0 Å². The van der Waals surface area contributed by atoms with Crippen molar-refractivity contribution in [1.82, 2.24) is 10.3 Å². The molecule has 0 spiro atoms. The molecule has 2 aromatic heterocycles. The molecule has 0 saturated carbocycles. The number of aryl methyl sites for hydroxylation is 1. The Morgan fingerprint density at radius 1 is 1.37 bits per heavy atom. The first-order valence-electron chi connectivity index (χ1n) is 6.35. The third-order valence-corrected chi connectivity index (χ3v) is 4.22. The van der Waals surface area contributed by atoms with E-state index in [2.05, 4.69) is 29.4 Å². The van der Waals surface area contributed by atoms with Gasteiger partial charge < -0.3 is 9.73 Å². The van der Waals surface area contributed by atoms with Crippen LogP contribution in [0.25, 0.3) is 11.0 Å². The average Bonchev–Trinajstić information content (AvgIpc) is 3.01. The van der Waals surface area contributed by atoms with Gasteiger partial charge in [-0.25, -0.2) is 4.98 Å². The van der Waals surface area contributed by atoms with Crippen LogP contribution in [0.15, 0.2) is 40.3 Å². The lowest BCUT2D eigenvalue weighted by Crippen LogP contribution is -2.17. The fraction of sp³-hybridized carbons (Fsp3) is 0.267. The summed E-state index contributed by atoms with van der Waals surface area (Å²) in [5, 5.41) is 4.63. The van der Waals surface area contributed by atoms with Crippen LogP contribution in [0.5, 0.6) is 0 Å². The third-order valence-electron chi connectivity index (χ3n) is 3.29. The summed E-state index contributed by atoms with van der Waals surface area (Å²) in [5.74, 6) is 0.975. The topological polar surface area (TPSA) is 38.1 Å². The van der Waals surface area contributed by atoms with Crippen molar-refractivity contribution in [2.75, 3.05) is 0 Å². The number of benzene rings is 1. The van der Waals surface area contributed by atoms with Crippen molar-refractivity contribution in [2.24, 2.45) is 0 Å². The fourth-order valence-corrected chi connectivity index (χ4v) is 2.79.